The zero-order valence-corrected chi connectivity index (χ0v) is 13.3. The van der Waals surface area contributed by atoms with Gasteiger partial charge in [0, 0.05) is 5.69 Å². The molecule has 0 heterocycles. The molecule has 4 heteroatoms. The number of nitrogens with one attached hydrogen (secondary N) is 2. The molecular formula is C18H21FN2O. The number of aryl methyl sites for hydroxylation is 2. The Morgan fingerprint density at radius 2 is 1.68 bits per heavy atom. The molecule has 116 valence electrons. The third-order valence-corrected chi connectivity index (χ3v) is 3.62. The van der Waals surface area contributed by atoms with Gasteiger partial charge in [-0.25, -0.2) is 9.18 Å². The maximum absolute atomic E-state index is 13.0. The number of rotatable bonds is 3. The normalized spacial score (nSPS) is 11.1. The second-order valence-corrected chi connectivity index (χ2v) is 6.03. The summed E-state index contributed by atoms with van der Waals surface area (Å²) < 4.78 is 13.0. The number of amides is 2. The standard InChI is InChI=1S/C18H21FN2O/c1-12-5-10-16(13(2)11-12)20-17(22)21-18(3,4)14-6-8-15(19)9-7-14/h5-11H,1-4H3,(H2,20,21,22). The van der Waals surface area contributed by atoms with Crippen LogP contribution in [0.3, 0.4) is 0 Å². The van der Waals surface area contributed by atoms with E-state index >= 15 is 0 Å². The lowest BCUT2D eigenvalue weighted by Crippen LogP contribution is -2.43. The monoisotopic (exact) mass is 300 g/mol. The van der Waals surface area contributed by atoms with Gasteiger partial charge >= 0.3 is 6.03 Å². The van der Waals surface area contributed by atoms with Crippen LogP contribution in [0.1, 0.15) is 30.5 Å². The van der Waals surface area contributed by atoms with Crippen LogP contribution in [-0.2, 0) is 5.54 Å². The summed E-state index contributed by atoms with van der Waals surface area (Å²) >= 11 is 0. The summed E-state index contributed by atoms with van der Waals surface area (Å²) in [6.07, 6.45) is 0. The van der Waals surface area contributed by atoms with Gasteiger partial charge in [0.05, 0.1) is 5.54 Å². The van der Waals surface area contributed by atoms with Crippen LogP contribution in [0.2, 0.25) is 0 Å². The Balaban J connectivity index is 2.08. The highest BCUT2D eigenvalue weighted by molar-refractivity contribution is 5.90. The van der Waals surface area contributed by atoms with Gasteiger partial charge in [0.15, 0.2) is 0 Å². The lowest BCUT2D eigenvalue weighted by atomic mass is 9.94. The third-order valence-electron chi connectivity index (χ3n) is 3.62. The van der Waals surface area contributed by atoms with E-state index in [-0.39, 0.29) is 11.8 Å². The van der Waals surface area contributed by atoms with Crippen molar-refractivity contribution in [1.29, 1.82) is 0 Å². The van der Waals surface area contributed by atoms with Gasteiger partial charge in [-0.1, -0.05) is 29.8 Å². The summed E-state index contributed by atoms with van der Waals surface area (Å²) in [7, 11) is 0. The minimum absolute atomic E-state index is 0.290. The van der Waals surface area contributed by atoms with E-state index in [2.05, 4.69) is 10.6 Å². The predicted molar refractivity (Wildman–Crippen MR) is 87.5 cm³/mol. The molecule has 0 saturated carbocycles. The molecule has 0 aliphatic rings. The number of benzene rings is 2. The molecule has 2 N–H and O–H groups in total. The van der Waals surface area contributed by atoms with Crippen molar-refractivity contribution in [3.8, 4) is 0 Å². The van der Waals surface area contributed by atoms with Gasteiger partial charge in [-0.15, -0.1) is 0 Å². The zero-order valence-electron chi connectivity index (χ0n) is 13.3. The highest BCUT2D eigenvalue weighted by atomic mass is 19.1. The second kappa shape index (κ2) is 6.18. The number of urea groups is 1. The van der Waals surface area contributed by atoms with Crippen molar-refractivity contribution in [2.45, 2.75) is 33.2 Å². The van der Waals surface area contributed by atoms with Gasteiger partial charge in [0.1, 0.15) is 5.82 Å². The van der Waals surface area contributed by atoms with Crippen molar-refractivity contribution in [2.75, 3.05) is 5.32 Å². The van der Waals surface area contributed by atoms with Gasteiger partial charge in [-0.2, -0.15) is 0 Å². The molecule has 0 unspecified atom stereocenters. The van der Waals surface area contributed by atoms with Crippen molar-refractivity contribution < 1.29 is 9.18 Å². The number of carbonyl (C=O) groups is 1. The summed E-state index contributed by atoms with van der Waals surface area (Å²) in [6.45, 7) is 7.71. The molecule has 3 nitrogen and oxygen atoms in total. The van der Waals surface area contributed by atoms with Gasteiger partial charge in [-0.05, 0) is 57.0 Å². The molecule has 2 aromatic carbocycles. The molecule has 0 atom stereocenters. The molecule has 0 aromatic heterocycles. The average molecular weight is 300 g/mol. The molecule has 2 aromatic rings. The van der Waals surface area contributed by atoms with Crippen molar-refractivity contribution in [2.24, 2.45) is 0 Å². The summed E-state index contributed by atoms with van der Waals surface area (Å²) in [4.78, 5) is 12.2. The Kier molecular flexibility index (Phi) is 4.50. The molecule has 0 aliphatic carbocycles. The van der Waals surface area contributed by atoms with Gasteiger partial charge in [-0.3, -0.25) is 0 Å². The number of halogens is 1. The van der Waals surface area contributed by atoms with Crippen molar-refractivity contribution in [3.05, 3.63) is 65.0 Å². The Morgan fingerprint density at radius 3 is 2.27 bits per heavy atom. The van der Waals surface area contributed by atoms with Crippen LogP contribution in [0.25, 0.3) is 0 Å². The Bertz CT molecular complexity index is 678. The van der Waals surface area contributed by atoms with Crippen LogP contribution < -0.4 is 10.6 Å². The fourth-order valence-corrected chi connectivity index (χ4v) is 2.33. The molecule has 22 heavy (non-hydrogen) atoms. The van der Waals surface area contributed by atoms with Crippen molar-refractivity contribution in [1.82, 2.24) is 5.32 Å². The van der Waals surface area contributed by atoms with Crippen molar-refractivity contribution >= 4 is 11.7 Å². The summed E-state index contributed by atoms with van der Waals surface area (Å²) in [6, 6.07) is 11.7. The quantitative estimate of drug-likeness (QED) is 0.861. The molecule has 0 aliphatic heterocycles. The first-order chi connectivity index (χ1) is 10.3. The van der Waals surface area contributed by atoms with Crippen molar-refractivity contribution in [3.63, 3.8) is 0 Å². The van der Waals surface area contributed by atoms with Gasteiger partial charge < -0.3 is 10.6 Å². The zero-order chi connectivity index (χ0) is 16.3. The fourth-order valence-electron chi connectivity index (χ4n) is 2.33. The van der Waals surface area contributed by atoms with E-state index in [1.54, 1.807) is 12.1 Å². The van der Waals surface area contributed by atoms with E-state index in [0.717, 1.165) is 22.4 Å². The van der Waals surface area contributed by atoms with Gasteiger partial charge in [0.25, 0.3) is 0 Å². The first kappa shape index (κ1) is 16.0. The SMILES string of the molecule is Cc1ccc(NC(=O)NC(C)(C)c2ccc(F)cc2)c(C)c1. The number of hydrogen-bond acceptors (Lipinski definition) is 1. The topological polar surface area (TPSA) is 41.1 Å². The molecule has 2 rings (SSSR count). The van der Waals surface area contributed by atoms with Gasteiger partial charge in [0.2, 0.25) is 0 Å². The van der Waals surface area contributed by atoms with E-state index < -0.39 is 5.54 Å². The minimum Gasteiger partial charge on any atom is -0.329 e. The van der Waals surface area contributed by atoms with E-state index in [1.807, 2.05) is 45.9 Å². The molecule has 0 fully saturated rings. The highest BCUT2D eigenvalue weighted by Gasteiger charge is 2.23. The maximum Gasteiger partial charge on any atom is 0.319 e. The Hall–Kier alpha value is -2.36. The fraction of sp³-hybridized carbons (Fsp3) is 0.278. The average Bonchev–Trinajstić information content (AvgIpc) is 2.42. The number of anilines is 1. The maximum atomic E-state index is 13.0. The lowest BCUT2D eigenvalue weighted by molar-refractivity contribution is 0.242. The smallest absolute Gasteiger partial charge is 0.319 e. The van der Waals surface area contributed by atoms with E-state index in [9.17, 15) is 9.18 Å². The number of hydrogen-bond donors (Lipinski definition) is 2. The molecule has 0 radical (unpaired) electrons. The minimum atomic E-state index is -0.601. The first-order valence-corrected chi connectivity index (χ1v) is 7.20. The predicted octanol–water partition coefficient (Wildman–Crippen LogP) is 4.50. The largest absolute Gasteiger partial charge is 0.329 e. The Labute approximate surface area is 130 Å². The third kappa shape index (κ3) is 3.85. The second-order valence-electron chi connectivity index (χ2n) is 6.03. The molecule has 0 saturated heterocycles. The van der Waals surface area contributed by atoms with Crippen LogP contribution in [0, 0.1) is 19.7 Å². The number of carbonyl (C=O) groups excluding carboxylic acids is 1. The van der Waals surface area contributed by atoms with Crippen LogP contribution in [0.5, 0.6) is 0 Å². The molecular weight excluding hydrogens is 279 g/mol. The summed E-state index contributed by atoms with van der Waals surface area (Å²) in [5, 5.41) is 5.76. The lowest BCUT2D eigenvalue weighted by Gasteiger charge is -2.27. The molecule has 0 spiro atoms. The summed E-state index contributed by atoms with van der Waals surface area (Å²) in [5.74, 6) is -0.292. The van der Waals surface area contributed by atoms with Crippen LogP contribution in [0.4, 0.5) is 14.9 Å². The molecule has 0 bridgehead atoms. The Morgan fingerprint density at radius 1 is 1.05 bits per heavy atom. The molecule has 2 amide bonds. The highest BCUT2D eigenvalue weighted by Crippen LogP contribution is 2.21. The van der Waals surface area contributed by atoms with Crippen LogP contribution in [0.15, 0.2) is 42.5 Å². The van der Waals surface area contributed by atoms with Crippen LogP contribution in [-0.4, -0.2) is 6.03 Å². The van der Waals surface area contributed by atoms with Crippen LogP contribution >= 0.6 is 0 Å². The van der Waals surface area contributed by atoms with E-state index in [0.29, 0.717) is 0 Å². The summed E-state index contributed by atoms with van der Waals surface area (Å²) in [5.41, 5.74) is 3.17. The first-order valence-electron chi connectivity index (χ1n) is 7.20. The van der Waals surface area contributed by atoms with E-state index in [4.69, 9.17) is 0 Å². The van der Waals surface area contributed by atoms with E-state index in [1.165, 1.54) is 12.1 Å².